The largest absolute Gasteiger partial charge is 0.481 e. The fourth-order valence-corrected chi connectivity index (χ4v) is 4.59. The van der Waals surface area contributed by atoms with Crippen molar-refractivity contribution in [2.45, 2.75) is 13.8 Å². The molecule has 0 amide bonds. The highest BCUT2D eigenvalue weighted by Crippen LogP contribution is 2.39. The van der Waals surface area contributed by atoms with Crippen LogP contribution in [0.15, 0.2) is 71.8 Å². The SMILES string of the molecule is COc1nc(-c2cccc(-c3cccc(Nc4nccc5cnn(C)c(=O)c45)c3C)c2Cl)ccc1C. The molecule has 0 radical (unpaired) electrons. The maximum atomic E-state index is 12.8. The summed E-state index contributed by atoms with van der Waals surface area (Å²) in [5.74, 6) is 1.05. The Labute approximate surface area is 213 Å². The van der Waals surface area contributed by atoms with Gasteiger partial charge >= 0.3 is 0 Å². The normalized spacial score (nSPS) is 11.0. The van der Waals surface area contributed by atoms with Crippen molar-refractivity contribution in [2.75, 3.05) is 12.4 Å². The molecule has 1 N–H and O–H groups in total. The average molecular weight is 498 g/mol. The summed E-state index contributed by atoms with van der Waals surface area (Å²) in [5, 5.41) is 9.27. The van der Waals surface area contributed by atoms with Crippen molar-refractivity contribution in [3.05, 3.63) is 93.5 Å². The molecule has 0 aliphatic carbocycles. The van der Waals surface area contributed by atoms with Gasteiger partial charge in [-0.25, -0.2) is 14.6 Å². The van der Waals surface area contributed by atoms with E-state index in [2.05, 4.69) is 20.4 Å². The number of methoxy groups -OCH3 is 1. The van der Waals surface area contributed by atoms with Gasteiger partial charge < -0.3 is 10.1 Å². The van der Waals surface area contributed by atoms with Crippen LogP contribution < -0.4 is 15.6 Å². The summed E-state index contributed by atoms with van der Waals surface area (Å²) in [4.78, 5) is 21.9. The van der Waals surface area contributed by atoms with E-state index in [1.54, 1.807) is 32.6 Å². The minimum Gasteiger partial charge on any atom is -0.481 e. The third kappa shape index (κ3) is 4.07. The van der Waals surface area contributed by atoms with Gasteiger partial charge in [0.05, 0.1) is 29.4 Å². The van der Waals surface area contributed by atoms with Crippen LogP contribution in [-0.2, 0) is 7.05 Å². The molecule has 180 valence electrons. The Hall–Kier alpha value is -4.23. The van der Waals surface area contributed by atoms with Gasteiger partial charge in [-0.1, -0.05) is 48.0 Å². The van der Waals surface area contributed by atoms with Gasteiger partial charge in [-0.15, -0.1) is 0 Å². The van der Waals surface area contributed by atoms with E-state index in [-0.39, 0.29) is 5.56 Å². The Bertz CT molecular complexity index is 1680. The van der Waals surface area contributed by atoms with Crippen molar-refractivity contribution in [2.24, 2.45) is 7.05 Å². The first-order valence-corrected chi connectivity index (χ1v) is 11.8. The minimum atomic E-state index is -0.214. The first kappa shape index (κ1) is 23.5. The molecule has 0 aliphatic heterocycles. The van der Waals surface area contributed by atoms with Crippen molar-refractivity contribution in [1.82, 2.24) is 19.7 Å². The number of nitrogens with zero attached hydrogens (tertiary/aromatic N) is 4. The number of halogens is 1. The Morgan fingerprint density at radius 1 is 0.972 bits per heavy atom. The zero-order valence-corrected chi connectivity index (χ0v) is 21.1. The highest BCUT2D eigenvalue weighted by molar-refractivity contribution is 6.36. The molecule has 0 unspecified atom stereocenters. The Morgan fingerprint density at radius 3 is 2.53 bits per heavy atom. The molecule has 7 nitrogen and oxygen atoms in total. The number of rotatable bonds is 5. The molecule has 0 fully saturated rings. The highest BCUT2D eigenvalue weighted by atomic mass is 35.5. The Kier molecular flexibility index (Phi) is 6.16. The number of pyridine rings is 2. The van der Waals surface area contributed by atoms with Gasteiger partial charge in [0.1, 0.15) is 5.82 Å². The fourth-order valence-electron chi connectivity index (χ4n) is 4.26. The number of ether oxygens (including phenoxy) is 1. The van der Waals surface area contributed by atoms with Crippen molar-refractivity contribution >= 4 is 33.9 Å². The zero-order valence-electron chi connectivity index (χ0n) is 20.3. The van der Waals surface area contributed by atoms with Crippen LogP contribution in [0.3, 0.4) is 0 Å². The van der Waals surface area contributed by atoms with Gasteiger partial charge in [0, 0.05) is 41.0 Å². The summed E-state index contributed by atoms with van der Waals surface area (Å²) >= 11 is 6.95. The third-order valence-corrected chi connectivity index (χ3v) is 6.66. The van der Waals surface area contributed by atoms with Crippen molar-refractivity contribution in [3.8, 4) is 28.3 Å². The van der Waals surface area contributed by atoms with Gasteiger partial charge in [-0.3, -0.25) is 4.79 Å². The predicted octanol–water partition coefficient (Wildman–Crippen LogP) is 6.08. The molecule has 8 heteroatoms. The molecular weight excluding hydrogens is 474 g/mol. The summed E-state index contributed by atoms with van der Waals surface area (Å²) in [6.07, 6.45) is 3.32. The predicted molar refractivity (Wildman–Crippen MR) is 144 cm³/mol. The highest BCUT2D eigenvalue weighted by Gasteiger charge is 2.16. The van der Waals surface area contributed by atoms with E-state index in [4.69, 9.17) is 16.3 Å². The van der Waals surface area contributed by atoms with Crippen LogP contribution in [0.5, 0.6) is 5.88 Å². The second-order valence-corrected chi connectivity index (χ2v) is 8.87. The quantitative estimate of drug-likeness (QED) is 0.317. The summed E-state index contributed by atoms with van der Waals surface area (Å²) in [7, 11) is 3.23. The zero-order chi connectivity index (χ0) is 25.4. The Morgan fingerprint density at radius 2 is 1.72 bits per heavy atom. The molecule has 36 heavy (non-hydrogen) atoms. The van der Waals surface area contributed by atoms with Crippen LogP contribution in [0.4, 0.5) is 11.5 Å². The van der Waals surface area contributed by atoms with E-state index in [9.17, 15) is 4.79 Å². The fraction of sp³-hybridized carbons (Fsp3) is 0.143. The second kappa shape index (κ2) is 9.43. The van der Waals surface area contributed by atoms with E-state index in [1.165, 1.54) is 4.68 Å². The minimum absolute atomic E-state index is 0.214. The standard InChI is InChI=1S/C28H24ClN5O2/c1-16-11-12-23(33-27(16)36-4)21-9-5-8-20(25(21)29)19-7-6-10-22(17(19)2)32-26-24-18(13-14-30-26)15-31-34(3)28(24)35/h5-15H,1-4H3,(H,30,32). The monoisotopic (exact) mass is 497 g/mol. The maximum absolute atomic E-state index is 12.8. The first-order chi connectivity index (χ1) is 17.4. The van der Waals surface area contributed by atoms with Crippen molar-refractivity contribution in [3.63, 3.8) is 0 Å². The molecule has 2 aromatic carbocycles. The van der Waals surface area contributed by atoms with E-state index < -0.39 is 0 Å². The van der Waals surface area contributed by atoms with Gasteiger partial charge in [0.2, 0.25) is 5.88 Å². The van der Waals surface area contributed by atoms with Crippen LogP contribution in [0, 0.1) is 13.8 Å². The molecular formula is C28H24ClN5O2. The van der Waals surface area contributed by atoms with Crippen LogP contribution >= 0.6 is 11.6 Å². The maximum Gasteiger partial charge on any atom is 0.278 e. The number of aromatic nitrogens is 4. The van der Waals surface area contributed by atoms with Gasteiger partial charge in [0.25, 0.3) is 5.56 Å². The third-order valence-electron chi connectivity index (χ3n) is 6.26. The number of benzene rings is 2. The van der Waals surface area contributed by atoms with E-state index >= 15 is 0 Å². The lowest BCUT2D eigenvalue weighted by atomic mass is 9.96. The number of fused-ring (bicyclic) bond motifs is 1. The summed E-state index contributed by atoms with van der Waals surface area (Å²) in [5.41, 5.74) is 5.92. The molecule has 0 spiro atoms. The van der Waals surface area contributed by atoms with Crippen molar-refractivity contribution < 1.29 is 4.74 Å². The van der Waals surface area contributed by atoms with E-state index in [0.29, 0.717) is 22.1 Å². The smallest absolute Gasteiger partial charge is 0.278 e. The molecule has 0 saturated heterocycles. The van der Waals surface area contributed by atoms with Crippen LogP contribution in [0.25, 0.3) is 33.2 Å². The summed E-state index contributed by atoms with van der Waals surface area (Å²) in [6.45, 7) is 3.96. The van der Waals surface area contributed by atoms with Crippen molar-refractivity contribution in [1.29, 1.82) is 0 Å². The van der Waals surface area contributed by atoms with Crippen LogP contribution in [-0.4, -0.2) is 26.9 Å². The van der Waals surface area contributed by atoms with E-state index in [0.717, 1.165) is 44.6 Å². The lowest BCUT2D eigenvalue weighted by Gasteiger charge is -2.16. The molecule has 3 aromatic heterocycles. The number of aryl methyl sites for hydroxylation is 2. The number of hydrogen-bond donors (Lipinski definition) is 1. The molecule has 5 rings (SSSR count). The summed E-state index contributed by atoms with van der Waals surface area (Å²) in [6, 6.07) is 17.5. The number of hydrogen-bond acceptors (Lipinski definition) is 6. The lowest BCUT2D eigenvalue weighted by molar-refractivity contribution is 0.395. The molecule has 0 bridgehead atoms. The first-order valence-electron chi connectivity index (χ1n) is 11.4. The van der Waals surface area contributed by atoms with Gasteiger partial charge in [-0.2, -0.15) is 5.10 Å². The van der Waals surface area contributed by atoms with Crippen LogP contribution in [0.2, 0.25) is 5.02 Å². The summed E-state index contributed by atoms with van der Waals surface area (Å²) < 4.78 is 6.71. The average Bonchev–Trinajstić information content (AvgIpc) is 2.88. The Balaban J connectivity index is 1.59. The van der Waals surface area contributed by atoms with Crippen LogP contribution in [0.1, 0.15) is 11.1 Å². The topological polar surface area (TPSA) is 81.9 Å². The number of anilines is 2. The second-order valence-electron chi connectivity index (χ2n) is 8.49. The lowest BCUT2D eigenvalue weighted by Crippen LogP contribution is -2.20. The van der Waals surface area contributed by atoms with E-state index in [1.807, 2.05) is 62.4 Å². The molecule has 3 heterocycles. The van der Waals surface area contributed by atoms with Gasteiger partial charge in [-0.05, 0) is 43.2 Å². The molecule has 5 aromatic rings. The molecule has 0 aliphatic rings. The van der Waals surface area contributed by atoms with Gasteiger partial charge in [0.15, 0.2) is 0 Å². The number of nitrogens with one attached hydrogen (secondary N) is 1. The molecule has 0 saturated carbocycles. The molecule has 0 atom stereocenters.